The second-order valence-corrected chi connectivity index (χ2v) is 7.52. The van der Waals surface area contributed by atoms with E-state index >= 15 is 0 Å². The standard InChI is InChI=1S/C14H18N2O3S/c1-14(2,3)20(17)13-8-15-16-10-7-12(19-5)11(18-4)6-9(10)13/h6-8H,1-5H3. The monoisotopic (exact) mass is 294 g/mol. The van der Waals surface area contributed by atoms with Crippen LogP contribution < -0.4 is 9.47 Å². The summed E-state index contributed by atoms with van der Waals surface area (Å²) in [6, 6.07) is 3.53. The first kappa shape index (κ1) is 14.7. The van der Waals surface area contributed by atoms with Gasteiger partial charge in [0.25, 0.3) is 0 Å². The van der Waals surface area contributed by atoms with E-state index in [1.165, 1.54) is 0 Å². The Kier molecular flexibility index (Phi) is 3.94. The van der Waals surface area contributed by atoms with Gasteiger partial charge in [-0.2, -0.15) is 10.2 Å². The molecule has 1 heterocycles. The van der Waals surface area contributed by atoms with E-state index in [2.05, 4.69) is 10.2 Å². The maximum Gasteiger partial charge on any atom is 0.162 e. The number of rotatable bonds is 3. The van der Waals surface area contributed by atoms with Gasteiger partial charge in [-0.25, -0.2) is 0 Å². The molecule has 0 N–H and O–H groups in total. The van der Waals surface area contributed by atoms with Gasteiger partial charge in [-0.15, -0.1) is 0 Å². The minimum atomic E-state index is -1.19. The number of hydrogen-bond acceptors (Lipinski definition) is 5. The van der Waals surface area contributed by atoms with Crippen LogP contribution in [0.4, 0.5) is 0 Å². The third kappa shape index (κ3) is 2.60. The molecule has 6 heteroatoms. The summed E-state index contributed by atoms with van der Waals surface area (Å²) in [6.07, 6.45) is 1.55. The molecule has 108 valence electrons. The van der Waals surface area contributed by atoms with Crippen LogP contribution in [-0.4, -0.2) is 33.4 Å². The molecule has 20 heavy (non-hydrogen) atoms. The molecule has 0 saturated carbocycles. The Morgan fingerprint density at radius 2 is 1.70 bits per heavy atom. The van der Waals surface area contributed by atoms with Gasteiger partial charge in [0.1, 0.15) is 0 Å². The summed E-state index contributed by atoms with van der Waals surface area (Å²) in [7, 11) is 1.94. The van der Waals surface area contributed by atoms with Crippen LogP contribution in [0.1, 0.15) is 20.8 Å². The number of methoxy groups -OCH3 is 2. The van der Waals surface area contributed by atoms with E-state index in [0.29, 0.717) is 21.9 Å². The van der Waals surface area contributed by atoms with Crippen LogP contribution in [0.3, 0.4) is 0 Å². The van der Waals surface area contributed by atoms with Gasteiger partial charge >= 0.3 is 0 Å². The fourth-order valence-electron chi connectivity index (χ4n) is 1.84. The molecule has 0 bridgehead atoms. The fraction of sp³-hybridized carbons (Fsp3) is 0.429. The lowest BCUT2D eigenvalue weighted by Crippen LogP contribution is -2.22. The van der Waals surface area contributed by atoms with Gasteiger partial charge in [0, 0.05) is 16.2 Å². The van der Waals surface area contributed by atoms with Crippen molar-refractivity contribution in [3.8, 4) is 11.5 Å². The van der Waals surface area contributed by atoms with Crippen LogP contribution in [-0.2, 0) is 10.8 Å². The average molecular weight is 294 g/mol. The zero-order valence-electron chi connectivity index (χ0n) is 12.3. The van der Waals surface area contributed by atoms with Gasteiger partial charge in [0.15, 0.2) is 11.5 Å². The van der Waals surface area contributed by atoms with Crippen molar-refractivity contribution in [2.24, 2.45) is 0 Å². The van der Waals surface area contributed by atoms with Crippen molar-refractivity contribution >= 4 is 21.7 Å². The number of nitrogens with zero attached hydrogens (tertiary/aromatic N) is 2. The first-order chi connectivity index (χ1) is 9.38. The largest absolute Gasteiger partial charge is 0.493 e. The molecule has 1 atom stereocenters. The summed E-state index contributed by atoms with van der Waals surface area (Å²) in [4.78, 5) is 0.656. The van der Waals surface area contributed by atoms with Crippen molar-refractivity contribution in [2.45, 2.75) is 30.4 Å². The Hall–Kier alpha value is -1.69. The zero-order valence-corrected chi connectivity index (χ0v) is 13.1. The van der Waals surface area contributed by atoms with Gasteiger partial charge in [-0.1, -0.05) is 0 Å². The van der Waals surface area contributed by atoms with Gasteiger partial charge in [-0.3, -0.25) is 4.21 Å². The molecular weight excluding hydrogens is 276 g/mol. The molecule has 0 amide bonds. The van der Waals surface area contributed by atoms with Crippen molar-refractivity contribution in [3.63, 3.8) is 0 Å². The number of aromatic nitrogens is 2. The Morgan fingerprint density at radius 1 is 1.10 bits per heavy atom. The summed E-state index contributed by atoms with van der Waals surface area (Å²) in [6.45, 7) is 5.78. The second kappa shape index (κ2) is 5.36. The highest BCUT2D eigenvalue weighted by Gasteiger charge is 2.24. The molecule has 2 rings (SSSR count). The predicted octanol–water partition coefficient (Wildman–Crippen LogP) is 2.55. The molecule has 1 aromatic heterocycles. The quantitative estimate of drug-likeness (QED) is 0.870. The van der Waals surface area contributed by atoms with Crippen molar-refractivity contribution in [1.82, 2.24) is 10.2 Å². The van der Waals surface area contributed by atoms with Crippen molar-refractivity contribution < 1.29 is 13.7 Å². The highest BCUT2D eigenvalue weighted by molar-refractivity contribution is 7.86. The van der Waals surface area contributed by atoms with Crippen LogP contribution in [0.5, 0.6) is 11.5 Å². The van der Waals surface area contributed by atoms with E-state index in [-0.39, 0.29) is 4.75 Å². The van der Waals surface area contributed by atoms with E-state index < -0.39 is 10.8 Å². The molecule has 1 unspecified atom stereocenters. The molecule has 0 aliphatic carbocycles. The summed E-state index contributed by atoms with van der Waals surface area (Å²) < 4.78 is 22.8. The lowest BCUT2D eigenvalue weighted by molar-refractivity contribution is 0.355. The molecular formula is C14H18N2O3S. The SMILES string of the molecule is COc1cc2nncc(S(=O)C(C)(C)C)c2cc1OC. The van der Waals surface area contributed by atoms with Gasteiger partial charge in [-0.05, 0) is 26.8 Å². The third-order valence-corrected chi connectivity index (χ3v) is 4.70. The van der Waals surface area contributed by atoms with Crippen molar-refractivity contribution in [3.05, 3.63) is 18.3 Å². The molecule has 0 fully saturated rings. The van der Waals surface area contributed by atoms with Gasteiger partial charge < -0.3 is 9.47 Å². The highest BCUT2D eigenvalue weighted by atomic mass is 32.2. The Labute approximate surface area is 120 Å². The summed E-state index contributed by atoms with van der Waals surface area (Å²) >= 11 is 0. The molecule has 0 aliphatic heterocycles. The predicted molar refractivity (Wildman–Crippen MR) is 78.8 cm³/mol. The van der Waals surface area contributed by atoms with E-state index in [9.17, 15) is 4.21 Å². The first-order valence-corrected chi connectivity index (χ1v) is 7.32. The van der Waals surface area contributed by atoms with Crippen molar-refractivity contribution in [1.29, 1.82) is 0 Å². The topological polar surface area (TPSA) is 61.3 Å². The normalized spacial score (nSPS) is 13.2. The van der Waals surface area contributed by atoms with Crippen LogP contribution in [0.15, 0.2) is 23.2 Å². The molecule has 5 nitrogen and oxygen atoms in total. The zero-order chi connectivity index (χ0) is 14.9. The van der Waals surface area contributed by atoms with E-state index in [0.717, 1.165) is 5.39 Å². The second-order valence-electron chi connectivity index (χ2n) is 5.31. The van der Waals surface area contributed by atoms with E-state index in [1.54, 1.807) is 32.5 Å². The highest BCUT2D eigenvalue weighted by Crippen LogP contribution is 2.34. The van der Waals surface area contributed by atoms with Crippen LogP contribution in [0.2, 0.25) is 0 Å². The first-order valence-electron chi connectivity index (χ1n) is 6.17. The number of benzene rings is 1. The van der Waals surface area contributed by atoms with Crippen LogP contribution in [0.25, 0.3) is 10.9 Å². The van der Waals surface area contributed by atoms with Gasteiger partial charge in [0.2, 0.25) is 0 Å². The minimum absolute atomic E-state index is 0.372. The molecule has 0 aliphatic rings. The smallest absolute Gasteiger partial charge is 0.162 e. The van der Waals surface area contributed by atoms with Crippen molar-refractivity contribution in [2.75, 3.05) is 14.2 Å². The number of fused-ring (bicyclic) bond motifs is 1. The summed E-state index contributed by atoms with van der Waals surface area (Å²) in [5.74, 6) is 1.16. The summed E-state index contributed by atoms with van der Waals surface area (Å²) in [5, 5.41) is 8.78. The number of ether oxygens (including phenoxy) is 2. The maximum absolute atomic E-state index is 12.6. The van der Waals surface area contributed by atoms with Crippen LogP contribution >= 0.6 is 0 Å². The van der Waals surface area contributed by atoms with E-state index in [1.807, 2.05) is 20.8 Å². The Bertz CT molecular complexity index is 665. The summed E-state index contributed by atoms with van der Waals surface area (Å²) in [5.41, 5.74) is 0.637. The van der Waals surface area contributed by atoms with E-state index in [4.69, 9.17) is 9.47 Å². The lowest BCUT2D eigenvalue weighted by atomic mass is 10.2. The fourth-order valence-corrected chi connectivity index (χ4v) is 3.00. The average Bonchev–Trinajstić information content (AvgIpc) is 2.43. The van der Waals surface area contributed by atoms with Crippen LogP contribution in [0, 0.1) is 0 Å². The van der Waals surface area contributed by atoms with Gasteiger partial charge in [0.05, 0.1) is 41.6 Å². The Morgan fingerprint density at radius 3 is 2.25 bits per heavy atom. The Balaban J connectivity index is 2.72. The minimum Gasteiger partial charge on any atom is -0.493 e. The molecule has 0 radical (unpaired) electrons. The molecule has 1 aromatic carbocycles. The lowest BCUT2D eigenvalue weighted by Gasteiger charge is -2.19. The molecule has 2 aromatic rings. The maximum atomic E-state index is 12.6. The molecule has 0 saturated heterocycles. The number of hydrogen-bond donors (Lipinski definition) is 0. The third-order valence-electron chi connectivity index (χ3n) is 2.86. The molecule has 0 spiro atoms.